The second-order valence-corrected chi connectivity index (χ2v) is 6.56. The highest BCUT2D eigenvalue weighted by Crippen LogP contribution is 2.36. The third-order valence-corrected chi connectivity index (χ3v) is 4.39. The van der Waals surface area contributed by atoms with Crippen LogP contribution in [0.2, 0.25) is 0 Å². The Balaban J connectivity index is 2.05. The number of fused-ring (bicyclic) bond motifs is 1. The van der Waals surface area contributed by atoms with Gasteiger partial charge in [-0.2, -0.15) is 0 Å². The minimum Gasteiger partial charge on any atom is -0.493 e. The summed E-state index contributed by atoms with van der Waals surface area (Å²) in [6, 6.07) is 6.04. The monoisotopic (exact) mass is 343 g/mol. The molecule has 0 aliphatic carbocycles. The van der Waals surface area contributed by atoms with Crippen molar-refractivity contribution < 1.29 is 9.90 Å². The molecule has 136 valence electrons. The predicted molar refractivity (Wildman–Crippen MR) is 101 cm³/mol. The van der Waals surface area contributed by atoms with Crippen molar-refractivity contribution in [3.63, 3.8) is 0 Å². The Morgan fingerprint density at radius 2 is 1.84 bits per heavy atom. The van der Waals surface area contributed by atoms with E-state index < -0.39 is 0 Å². The summed E-state index contributed by atoms with van der Waals surface area (Å²) in [7, 11) is 0. The average Bonchev–Trinajstić information content (AvgIpc) is 2.91. The van der Waals surface area contributed by atoms with Crippen molar-refractivity contribution in [2.45, 2.75) is 71.6 Å². The first kappa shape index (κ1) is 19.2. The third-order valence-electron chi connectivity index (χ3n) is 4.39. The molecule has 0 unspecified atom stereocenters. The summed E-state index contributed by atoms with van der Waals surface area (Å²) in [6.45, 7) is 4.30. The zero-order valence-corrected chi connectivity index (χ0v) is 15.3. The Hall–Kier alpha value is -2.17. The van der Waals surface area contributed by atoms with Crippen LogP contribution in [0, 0.1) is 0 Å². The summed E-state index contributed by atoms with van der Waals surface area (Å²) in [6.07, 6.45) is 9.25. The highest BCUT2D eigenvalue weighted by atomic mass is 16.3. The lowest BCUT2D eigenvalue weighted by Crippen LogP contribution is -1.91. The van der Waals surface area contributed by atoms with E-state index in [1.165, 1.54) is 31.2 Å². The molecule has 1 aromatic carbocycles. The molecule has 0 saturated carbocycles. The molecule has 0 radical (unpaired) electrons. The van der Waals surface area contributed by atoms with Crippen molar-refractivity contribution in [1.29, 1.82) is 0 Å². The van der Waals surface area contributed by atoms with E-state index in [2.05, 4.69) is 35.1 Å². The first-order chi connectivity index (χ1) is 12.2. The highest BCUT2D eigenvalue weighted by molar-refractivity contribution is 5.94. The summed E-state index contributed by atoms with van der Waals surface area (Å²) in [5.41, 5.74) is 2.42. The number of unbranched alkanes of at least 4 members (excludes halogenated alkanes) is 5. The maximum Gasteiger partial charge on any atom is 0.264 e. The van der Waals surface area contributed by atoms with Gasteiger partial charge >= 0.3 is 0 Å². The number of aromatic hydroxyl groups is 1. The summed E-state index contributed by atoms with van der Waals surface area (Å²) in [4.78, 5) is 14.7. The van der Waals surface area contributed by atoms with Gasteiger partial charge in [-0.25, -0.2) is 0 Å². The van der Waals surface area contributed by atoms with Gasteiger partial charge in [0.1, 0.15) is 0 Å². The molecule has 0 spiro atoms. The first-order valence-electron chi connectivity index (χ1n) is 9.43. The Morgan fingerprint density at radius 1 is 1.08 bits per heavy atom. The number of carbonyl (C=O) groups is 1. The number of amides is 1. The number of hydrogen-bond donors (Lipinski definition) is 2. The molecule has 5 heteroatoms. The number of H-pyrrole nitrogens is 1. The molecular formula is C20H29N3O2. The predicted octanol–water partition coefficient (Wildman–Crippen LogP) is 6.19. The van der Waals surface area contributed by atoms with Crippen LogP contribution in [-0.2, 0) is 11.2 Å². The number of nitrogens with zero attached hydrogens (tertiary/aromatic N) is 2. The summed E-state index contributed by atoms with van der Waals surface area (Å²) in [5, 5.41) is 18.6. The van der Waals surface area contributed by atoms with Crippen LogP contribution in [0.1, 0.15) is 70.8 Å². The number of rotatable bonds is 10. The molecule has 0 aliphatic heterocycles. The molecule has 2 aromatic rings. The zero-order chi connectivity index (χ0) is 18.1. The number of benzene rings is 1. The highest BCUT2D eigenvalue weighted by Gasteiger charge is 2.11. The molecular weight excluding hydrogens is 314 g/mol. The third kappa shape index (κ3) is 5.69. The molecule has 5 nitrogen and oxygen atoms in total. The van der Waals surface area contributed by atoms with Crippen molar-refractivity contribution in [3.8, 4) is 5.88 Å². The van der Waals surface area contributed by atoms with Crippen LogP contribution in [-0.4, -0.2) is 16.0 Å². The molecule has 0 bridgehead atoms. The van der Waals surface area contributed by atoms with Crippen LogP contribution in [0.25, 0.3) is 10.9 Å². The first-order valence-corrected chi connectivity index (χ1v) is 9.43. The molecule has 2 N–H and O–H groups in total. The minimum absolute atomic E-state index is 0.0387. The van der Waals surface area contributed by atoms with Crippen molar-refractivity contribution in [3.05, 3.63) is 23.8 Å². The van der Waals surface area contributed by atoms with Gasteiger partial charge in [0.25, 0.3) is 5.91 Å². The number of aromatic amines is 1. The lowest BCUT2D eigenvalue weighted by atomic mass is 10.0. The van der Waals surface area contributed by atoms with E-state index in [0.29, 0.717) is 12.1 Å². The van der Waals surface area contributed by atoms with E-state index in [-0.39, 0.29) is 11.8 Å². The molecule has 25 heavy (non-hydrogen) atoms. The van der Waals surface area contributed by atoms with Gasteiger partial charge in [-0.3, -0.25) is 4.79 Å². The van der Waals surface area contributed by atoms with Gasteiger partial charge in [0.05, 0.1) is 5.52 Å². The molecule has 0 atom stereocenters. The second kappa shape index (κ2) is 9.97. The number of aromatic nitrogens is 1. The molecule has 0 saturated heterocycles. The van der Waals surface area contributed by atoms with Crippen LogP contribution in [0.3, 0.4) is 0 Å². The van der Waals surface area contributed by atoms with Gasteiger partial charge < -0.3 is 10.1 Å². The summed E-state index contributed by atoms with van der Waals surface area (Å²) >= 11 is 0. The molecule has 1 aromatic heterocycles. The number of azo groups is 1. The lowest BCUT2D eigenvalue weighted by Gasteiger charge is -2.01. The minimum atomic E-state index is -0.241. The standard InChI is InChI=1S/C20H29N3O2/c1-3-5-7-9-10-15-12-13-16-17(14-15)21-20(25)19(16)23-22-18(24)11-8-6-4-2/h12-14,21,25H,3-11H2,1-2H3. The molecule has 0 fully saturated rings. The maximum absolute atomic E-state index is 11.7. The smallest absolute Gasteiger partial charge is 0.264 e. The number of hydrogen-bond acceptors (Lipinski definition) is 3. The van der Waals surface area contributed by atoms with Crippen molar-refractivity contribution in [2.75, 3.05) is 0 Å². The zero-order valence-electron chi connectivity index (χ0n) is 15.3. The average molecular weight is 343 g/mol. The quantitative estimate of drug-likeness (QED) is 0.398. The fraction of sp³-hybridized carbons (Fsp3) is 0.550. The number of carbonyl (C=O) groups excluding carboxylic acids is 1. The van der Waals surface area contributed by atoms with Crippen LogP contribution in [0.4, 0.5) is 5.69 Å². The molecule has 0 aliphatic rings. The lowest BCUT2D eigenvalue weighted by molar-refractivity contribution is -0.118. The van der Waals surface area contributed by atoms with Gasteiger partial charge in [-0.15, -0.1) is 10.2 Å². The Morgan fingerprint density at radius 3 is 2.60 bits per heavy atom. The van der Waals surface area contributed by atoms with E-state index in [4.69, 9.17) is 0 Å². The topological polar surface area (TPSA) is 77.8 Å². The molecule has 1 heterocycles. The van der Waals surface area contributed by atoms with E-state index in [1.54, 1.807) is 0 Å². The largest absolute Gasteiger partial charge is 0.493 e. The van der Waals surface area contributed by atoms with Gasteiger partial charge in [0.2, 0.25) is 5.88 Å². The van der Waals surface area contributed by atoms with Gasteiger partial charge in [-0.1, -0.05) is 58.1 Å². The van der Waals surface area contributed by atoms with E-state index in [0.717, 1.165) is 36.6 Å². The van der Waals surface area contributed by atoms with E-state index in [1.807, 2.05) is 12.1 Å². The number of nitrogens with one attached hydrogen (secondary N) is 1. The summed E-state index contributed by atoms with van der Waals surface area (Å²) in [5.74, 6) is -0.280. The Bertz CT molecular complexity index is 719. The fourth-order valence-electron chi connectivity index (χ4n) is 2.91. The Kier molecular flexibility index (Phi) is 7.64. The fourth-order valence-corrected chi connectivity index (χ4v) is 2.91. The summed E-state index contributed by atoms with van der Waals surface area (Å²) < 4.78 is 0. The van der Waals surface area contributed by atoms with E-state index >= 15 is 0 Å². The van der Waals surface area contributed by atoms with Crippen LogP contribution in [0.15, 0.2) is 28.4 Å². The Labute approximate surface area is 149 Å². The van der Waals surface area contributed by atoms with Crippen LogP contribution < -0.4 is 0 Å². The van der Waals surface area contributed by atoms with Crippen LogP contribution >= 0.6 is 0 Å². The van der Waals surface area contributed by atoms with E-state index in [9.17, 15) is 9.90 Å². The normalized spacial score (nSPS) is 11.6. The molecule has 2 rings (SSSR count). The van der Waals surface area contributed by atoms with Gasteiger partial charge in [0, 0.05) is 11.8 Å². The van der Waals surface area contributed by atoms with Gasteiger partial charge in [0.15, 0.2) is 5.69 Å². The van der Waals surface area contributed by atoms with Crippen molar-refractivity contribution in [1.82, 2.24) is 4.98 Å². The second-order valence-electron chi connectivity index (χ2n) is 6.56. The molecule has 1 amide bonds. The maximum atomic E-state index is 11.7. The number of aryl methyl sites for hydroxylation is 1. The van der Waals surface area contributed by atoms with Crippen molar-refractivity contribution >= 4 is 22.5 Å². The van der Waals surface area contributed by atoms with Crippen LogP contribution in [0.5, 0.6) is 5.88 Å². The van der Waals surface area contributed by atoms with Crippen molar-refractivity contribution in [2.24, 2.45) is 10.2 Å². The SMILES string of the molecule is CCCCCCc1ccc2c(N=NC(=O)CCCCC)c(O)[nH]c2c1. The van der Waals surface area contributed by atoms with Gasteiger partial charge in [-0.05, 0) is 30.9 Å².